The molecule has 1 N–H and O–H groups in total. The minimum atomic E-state index is -0.441. The van der Waals surface area contributed by atoms with Gasteiger partial charge in [-0.2, -0.15) is 0 Å². The highest BCUT2D eigenvalue weighted by Gasteiger charge is 2.27. The van der Waals surface area contributed by atoms with E-state index in [0.717, 1.165) is 32.6 Å². The molecule has 0 aromatic rings. The van der Waals surface area contributed by atoms with Crippen molar-refractivity contribution in [3.63, 3.8) is 0 Å². The molecule has 0 aliphatic carbocycles. The van der Waals surface area contributed by atoms with Gasteiger partial charge >= 0.3 is 5.97 Å². The number of ether oxygens (including phenoxy) is 1. The maximum absolute atomic E-state index is 11.4. The van der Waals surface area contributed by atoms with E-state index >= 15 is 0 Å². The molecule has 0 radical (unpaired) electrons. The lowest BCUT2D eigenvalue weighted by molar-refractivity contribution is -0.150. The van der Waals surface area contributed by atoms with Crippen molar-refractivity contribution in [2.75, 3.05) is 39.8 Å². The van der Waals surface area contributed by atoms with Gasteiger partial charge in [0.2, 0.25) is 0 Å². The van der Waals surface area contributed by atoms with Gasteiger partial charge in [-0.3, -0.25) is 4.79 Å². The first-order valence-electron chi connectivity index (χ1n) is 6.49. The number of rotatable bonds is 9. The summed E-state index contributed by atoms with van der Waals surface area (Å²) in [5, 5.41) is 3.32. The molecule has 0 atom stereocenters. The van der Waals surface area contributed by atoms with Crippen LogP contribution in [0.2, 0.25) is 0 Å². The van der Waals surface area contributed by atoms with E-state index < -0.39 is 5.41 Å². The Balaban J connectivity index is 3.67. The first-order valence-corrected chi connectivity index (χ1v) is 6.49. The van der Waals surface area contributed by atoms with Gasteiger partial charge in [0.1, 0.15) is 0 Å². The fraction of sp³-hybridized carbons (Fsp3) is 0.923. The molecular formula is C13H28N2O2. The zero-order valence-corrected chi connectivity index (χ0v) is 12.0. The average molecular weight is 244 g/mol. The molecule has 0 unspecified atom stereocenters. The summed E-state index contributed by atoms with van der Waals surface area (Å²) in [6, 6.07) is 0. The summed E-state index contributed by atoms with van der Waals surface area (Å²) in [6.07, 6.45) is 1.11. The summed E-state index contributed by atoms with van der Waals surface area (Å²) in [5.74, 6) is -0.159. The van der Waals surface area contributed by atoms with E-state index in [1.54, 1.807) is 0 Å². The van der Waals surface area contributed by atoms with E-state index in [2.05, 4.69) is 24.1 Å². The molecule has 0 amide bonds. The largest absolute Gasteiger partial charge is 0.469 e. The Kier molecular flexibility index (Phi) is 8.17. The Labute approximate surface area is 106 Å². The van der Waals surface area contributed by atoms with Crippen LogP contribution in [0, 0.1) is 5.41 Å². The van der Waals surface area contributed by atoms with E-state index in [1.165, 1.54) is 7.11 Å². The fourth-order valence-electron chi connectivity index (χ4n) is 1.72. The Hall–Kier alpha value is -0.610. The standard InChI is InChI=1S/C13H28N2O2/c1-6-15(7-2)10-8-9-14-11-13(3,4)12(16)17-5/h14H,6-11H2,1-5H3. The maximum atomic E-state index is 11.4. The van der Waals surface area contributed by atoms with Crippen molar-refractivity contribution < 1.29 is 9.53 Å². The molecule has 0 aromatic carbocycles. The van der Waals surface area contributed by atoms with Crippen molar-refractivity contribution in [2.24, 2.45) is 5.41 Å². The Morgan fingerprint density at radius 1 is 1.29 bits per heavy atom. The number of nitrogens with zero attached hydrogens (tertiary/aromatic N) is 1. The van der Waals surface area contributed by atoms with Crippen molar-refractivity contribution >= 4 is 5.97 Å². The number of hydrogen-bond acceptors (Lipinski definition) is 4. The molecule has 0 aliphatic heterocycles. The molecular weight excluding hydrogens is 216 g/mol. The molecule has 4 nitrogen and oxygen atoms in total. The van der Waals surface area contributed by atoms with Crippen LogP contribution in [0.4, 0.5) is 0 Å². The van der Waals surface area contributed by atoms with Crippen LogP contribution in [0.15, 0.2) is 0 Å². The minimum absolute atomic E-state index is 0.159. The molecule has 0 saturated carbocycles. The lowest BCUT2D eigenvalue weighted by Gasteiger charge is -2.22. The van der Waals surface area contributed by atoms with Crippen LogP contribution in [-0.2, 0) is 9.53 Å². The highest BCUT2D eigenvalue weighted by atomic mass is 16.5. The molecule has 0 bridgehead atoms. The molecule has 4 heteroatoms. The van der Waals surface area contributed by atoms with Crippen LogP contribution in [-0.4, -0.2) is 50.7 Å². The second kappa shape index (κ2) is 8.48. The van der Waals surface area contributed by atoms with E-state index in [-0.39, 0.29) is 5.97 Å². The first-order chi connectivity index (χ1) is 7.97. The highest BCUT2D eigenvalue weighted by molar-refractivity contribution is 5.75. The molecule has 102 valence electrons. The van der Waals surface area contributed by atoms with Crippen LogP contribution in [0.1, 0.15) is 34.1 Å². The normalized spacial score (nSPS) is 11.9. The summed E-state index contributed by atoms with van der Waals surface area (Å²) >= 11 is 0. The van der Waals surface area contributed by atoms with Gasteiger partial charge in [0.05, 0.1) is 12.5 Å². The Morgan fingerprint density at radius 2 is 1.88 bits per heavy atom. The zero-order valence-electron chi connectivity index (χ0n) is 12.0. The van der Waals surface area contributed by atoms with Gasteiger partial charge in [0.15, 0.2) is 0 Å². The molecule has 0 fully saturated rings. The predicted octanol–water partition coefficient (Wildman–Crippen LogP) is 1.51. The fourth-order valence-corrected chi connectivity index (χ4v) is 1.72. The number of nitrogens with one attached hydrogen (secondary N) is 1. The van der Waals surface area contributed by atoms with Crippen molar-refractivity contribution in [1.29, 1.82) is 0 Å². The molecule has 0 saturated heterocycles. The molecule has 0 spiro atoms. The molecule has 0 rings (SSSR count). The smallest absolute Gasteiger partial charge is 0.312 e. The third kappa shape index (κ3) is 6.64. The number of esters is 1. The van der Waals surface area contributed by atoms with Crippen LogP contribution in [0.3, 0.4) is 0 Å². The summed E-state index contributed by atoms with van der Waals surface area (Å²) in [5.41, 5.74) is -0.441. The molecule has 0 aliphatic rings. The maximum Gasteiger partial charge on any atom is 0.312 e. The van der Waals surface area contributed by atoms with Gasteiger partial charge in [0, 0.05) is 6.54 Å². The summed E-state index contributed by atoms with van der Waals surface area (Å²) < 4.78 is 4.76. The highest BCUT2D eigenvalue weighted by Crippen LogP contribution is 2.15. The number of carbonyl (C=O) groups is 1. The van der Waals surface area contributed by atoms with Gasteiger partial charge in [-0.15, -0.1) is 0 Å². The molecule has 0 heterocycles. The Bertz CT molecular complexity index is 213. The van der Waals surface area contributed by atoms with E-state index in [9.17, 15) is 4.79 Å². The van der Waals surface area contributed by atoms with Gasteiger partial charge in [0.25, 0.3) is 0 Å². The lowest BCUT2D eigenvalue weighted by atomic mass is 9.94. The quantitative estimate of drug-likeness (QED) is 0.493. The molecule has 17 heavy (non-hydrogen) atoms. The zero-order chi connectivity index (χ0) is 13.3. The van der Waals surface area contributed by atoms with Crippen LogP contribution in [0.5, 0.6) is 0 Å². The minimum Gasteiger partial charge on any atom is -0.469 e. The van der Waals surface area contributed by atoms with Crippen molar-refractivity contribution in [1.82, 2.24) is 10.2 Å². The Morgan fingerprint density at radius 3 is 2.35 bits per heavy atom. The van der Waals surface area contributed by atoms with Crippen LogP contribution in [0.25, 0.3) is 0 Å². The summed E-state index contributed by atoms with van der Waals surface area (Å²) in [4.78, 5) is 13.8. The second-order valence-electron chi connectivity index (χ2n) is 4.93. The SMILES string of the molecule is CCN(CC)CCCNCC(C)(C)C(=O)OC. The van der Waals surface area contributed by atoms with E-state index in [0.29, 0.717) is 6.54 Å². The first kappa shape index (κ1) is 16.4. The second-order valence-corrected chi connectivity index (χ2v) is 4.93. The van der Waals surface area contributed by atoms with Crippen LogP contribution >= 0.6 is 0 Å². The third-order valence-electron chi connectivity index (χ3n) is 3.03. The van der Waals surface area contributed by atoms with Gasteiger partial charge < -0.3 is 15.0 Å². The van der Waals surface area contributed by atoms with Crippen molar-refractivity contribution in [3.8, 4) is 0 Å². The predicted molar refractivity (Wildman–Crippen MR) is 71.1 cm³/mol. The number of carbonyl (C=O) groups excluding carboxylic acids is 1. The lowest BCUT2D eigenvalue weighted by Crippen LogP contribution is -2.38. The summed E-state index contributed by atoms with van der Waals surface area (Å²) in [7, 11) is 1.43. The van der Waals surface area contributed by atoms with E-state index in [1.807, 2.05) is 13.8 Å². The number of methoxy groups -OCH3 is 1. The topological polar surface area (TPSA) is 41.6 Å². The van der Waals surface area contributed by atoms with Crippen LogP contribution < -0.4 is 5.32 Å². The van der Waals surface area contributed by atoms with Crippen molar-refractivity contribution in [2.45, 2.75) is 34.1 Å². The van der Waals surface area contributed by atoms with Gasteiger partial charge in [-0.25, -0.2) is 0 Å². The van der Waals surface area contributed by atoms with E-state index in [4.69, 9.17) is 4.74 Å². The average Bonchev–Trinajstić information content (AvgIpc) is 2.32. The molecule has 0 aromatic heterocycles. The third-order valence-corrected chi connectivity index (χ3v) is 3.03. The summed E-state index contributed by atoms with van der Waals surface area (Å²) in [6.45, 7) is 13.1. The van der Waals surface area contributed by atoms with Gasteiger partial charge in [-0.1, -0.05) is 13.8 Å². The van der Waals surface area contributed by atoms with Gasteiger partial charge in [-0.05, 0) is 46.4 Å². The monoisotopic (exact) mass is 244 g/mol. The van der Waals surface area contributed by atoms with Crippen molar-refractivity contribution in [3.05, 3.63) is 0 Å². The number of hydrogen-bond donors (Lipinski definition) is 1.